The molecule has 0 aromatic heterocycles. The molecule has 386 valence electrons. The molecule has 9 rings (SSSR count). The molecule has 0 saturated carbocycles. The summed E-state index contributed by atoms with van der Waals surface area (Å²) in [6, 6.07) is 38.7. The van der Waals surface area contributed by atoms with E-state index in [4.69, 9.17) is 5.41 Å². The topological polar surface area (TPSA) is 23.9 Å². The van der Waals surface area contributed by atoms with Crippen molar-refractivity contribution in [3.05, 3.63) is 290 Å². The van der Waals surface area contributed by atoms with E-state index in [2.05, 4.69) is 241 Å². The van der Waals surface area contributed by atoms with Gasteiger partial charge in [0.2, 0.25) is 0 Å². The monoisotopic (exact) mass is 1000 g/mol. The maximum absolute atomic E-state index is 7.65. The van der Waals surface area contributed by atoms with Gasteiger partial charge in [0.25, 0.3) is 0 Å². The maximum atomic E-state index is 7.65. The van der Waals surface area contributed by atoms with E-state index in [0.717, 1.165) is 28.7 Å². The van der Waals surface area contributed by atoms with Crippen LogP contribution in [0.15, 0.2) is 251 Å². The zero-order valence-corrected chi connectivity index (χ0v) is 47.2. The van der Waals surface area contributed by atoms with Gasteiger partial charge in [-0.1, -0.05) is 257 Å². The molecule has 2 aliphatic carbocycles. The highest BCUT2D eigenvalue weighted by Crippen LogP contribution is 2.52. The highest BCUT2D eigenvalue weighted by Gasteiger charge is 2.40. The molecule has 1 unspecified atom stereocenters. The SMILES string of the molecule is C=C/C=C(C)/C(C=C)=C/C=C.C=C/C=C(\C=C/C)c1ccc2c(c1)C(C)(C)C(C)/C2=C\CC.C=C/C=C(\C=C/C)c1ccc2c(c1)C(C)(C)c1cc(-c3ccc4ccc5c(/C(C=C)=C/C=N)ccc6ccc3c4c65)ccc1-2. The minimum Gasteiger partial charge on any atom is -0.309 e. The molecule has 0 bridgehead atoms. The van der Waals surface area contributed by atoms with Gasteiger partial charge >= 0.3 is 0 Å². The molecule has 1 heteroatoms. The van der Waals surface area contributed by atoms with Crippen molar-refractivity contribution in [1.82, 2.24) is 0 Å². The van der Waals surface area contributed by atoms with Gasteiger partial charge in [0.15, 0.2) is 0 Å². The fourth-order valence-electron chi connectivity index (χ4n) is 11.5. The van der Waals surface area contributed by atoms with Crippen LogP contribution >= 0.6 is 0 Å². The molecule has 0 radical (unpaired) electrons. The fraction of sp³-hybridized carbons (Fsp3) is 0.171. The smallest absolute Gasteiger partial charge is 0.0183 e. The first-order chi connectivity index (χ1) is 37.1. The van der Waals surface area contributed by atoms with Gasteiger partial charge in [-0.2, -0.15) is 0 Å². The largest absolute Gasteiger partial charge is 0.309 e. The van der Waals surface area contributed by atoms with Crippen LogP contribution in [-0.2, 0) is 10.8 Å². The van der Waals surface area contributed by atoms with E-state index in [-0.39, 0.29) is 10.8 Å². The van der Waals surface area contributed by atoms with E-state index in [1.807, 2.05) is 43.4 Å². The normalized spacial score (nSPS) is 16.4. The van der Waals surface area contributed by atoms with Gasteiger partial charge in [-0.3, -0.25) is 0 Å². The Kier molecular flexibility index (Phi) is 17.9. The van der Waals surface area contributed by atoms with Gasteiger partial charge in [-0.05, 0) is 190 Å². The Bertz CT molecular complexity index is 3720. The van der Waals surface area contributed by atoms with Gasteiger partial charge in [0, 0.05) is 11.6 Å². The molecule has 1 nitrogen and oxygen atoms in total. The maximum Gasteiger partial charge on any atom is 0.0183 e. The molecule has 1 N–H and O–H groups in total. The predicted molar refractivity (Wildman–Crippen MR) is 345 cm³/mol. The van der Waals surface area contributed by atoms with Crippen LogP contribution in [0.4, 0.5) is 0 Å². The van der Waals surface area contributed by atoms with Crippen molar-refractivity contribution in [2.45, 2.75) is 79.6 Å². The third-order valence-electron chi connectivity index (χ3n) is 15.7. The average molecular weight is 1000 g/mol. The minimum atomic E-state index is -0.132. The lowest BCUT2D eigenvalue weighted by molar-refractivity contribution is 0.441. The third kappa shape index (κ3) is 11.0. The molecule has 77 heavy (non-hydrogen) atoms. The van der Waals surface area contributed by atoms with Gasteiger partial charge in [0.05, 0.1) is 0 Å². The van der Waals surface area contributed by atoms with Crippen LogP contribution in [0.2, 0.25) is 0 Å². The molecule has 7 aromatic rings. The molecule has 0 saturated heterocycles. The van der Waals surface area contributed by atoms with Crippen LogP contribution in [0.3, 0.4) is 0 Å². The summed E-state index contributed by atoms with van der Waals surface area (Å²) in [6.07, 6.45) is 34.0. The van der Waals surface area contributed by atoms with Crippen LogP contribution in [0.25, 0.3) is 76.9 Å². The Labute approximate surface area is 461 Å². The number of benzene rings is 7. The van der Waals surface area contributed by atoms with Crippen molar-refractivity contribution in [2.75, 3.05) is 0 Å². The lowest BCUT2D eigenvalue weighted by atomic mass is 9.78. The van der Waals surface area contributed by atoms with E-state index in [1.54, 1.807) is 18.2 Å². The van der Waals surface area contributed by atoms with Crippen molar-refractivity contribution in [3.8, 4) is 22.3 Å². The first-order valence-corrected chi connectivity index (χ1v) is 27.0. The summed E-state index contributed by atoms with van der Waals surface area (Å²) in [6.45, 7) is 42.8. The molecule has 1 atom stereocenters. The number of hydrogen-bond acceptors (Lipinski definition) is 1. The Hall–Kier alpha value is -8.39. The highest BCUT2D eigenvalue weighted by atomic mass is 14.4. The summed E-state index contributed by atoms with van der Waals surface area (Å²) in [5.41, 5.74) is 21.5. The summed E-state index contributed by atoms with van der Waals surface area (Å²) in [7, 11) is 0. The first-order valence-electron chi connectivity index (χ1n) is 27.0. The summed E-state index contributed by atoms with van der Waals surface area (Å²) in [5.74, 6) is 0.561. The number of allylic oxidation sites excluding steroid dienone is 22. The summed E-state index contributed by atoms with van der Waals surface area (Å²) in [4.78, 5) is 0. The molecule has 0 amide bonds. The Morgan fingerprint density at radius 3 is 1.62 bits per heavy atom. The molecular weight excluding hydrogens is 927 g/mol. The van der Waals surface area contributed by atoms with Gasteiger partial charge in [0.1, 0.15) is 0 Å². The average Bonchev–Trinajstić information content (AvgIpc) is 3.85. The predicted octanol–water partition coefficient (Wildman–Crippen LogP) is 21.9. The van der Waals surface area contributed by atoms with Crippen LogP contribution < -0.4 is 0 Å². The van der Waals surface area contributed by atoms with E-state index >= 15 is 0 Å². The molecule has 0 aliphatic heterocycles. The molecule has 0 heterocycles. The van der Waals surface area contributed by atoms with E-state index in [9.17, 15) is 0 Å². The lowest BCUT2D eigenvalue weighted by Gasteiger charge is -2.26. The molecule has 0 spiro atoms. The van der Waals surface area contributed by atoms with Crippen LogP contribution in [-0.4, -0.2) is 6.21 Å². The molecule has 0 fully saturated rings. The van der Waals surface area contributed by atoms with Crippen molar-refractivity contribution < 1.29 is 0 Å². The quantitative estimate of drug-likeness (QED) is 0.0601. The van der Waals surface area contributed by atoms with Crippen LogP contribution in [0.5, 0.6) is 0 Å². The lowest BCUT2D eigenvalue weighted by Crippen LogP contribution is -2.21. The van der Waals surface area contributed by atoms with Gasteiger partial charge in [-0.25, -0.2) is 0 Å². The summed E-state index contributed by atoms with van der Waals surface area (Å²) < 4.78 is 0. The first kappa shape index (κ1) is 56.3. The number of fused-ring (bicyclic) bond motifs is 4. The van der Waals surface area contributed by atoms with Crippen molar-refractivity contribution in [1.29, 1.82) is 5.41 Å². The van der Waals surface area contributed by atoms with Crippen LogP contribution in [0, 0.1) is 11.3 Å². The molecule has 2 aliphatic rings. The molecular formula is C76H77N. The fourth-order valence-corrected chi connectivity index (χ4v) is 11.5. The second-order valence-electron chi connectivity index (χ2n) is 20.9. The standard InChI is InChI=1S/C43H35N.C22H28.C11H14/c1-6-9-28(10-7-2)31-15-19-35-36-20-16-32(26-40(36)43(4,5)39(35)25-31)34-18-12-30-13-21-37-33(27(8-3)23-24-44)17-11-29-14-22-38(34)42(30)41(29)37;1-7-10-17(11-8-2)18-13-14-20-19(12-9-3)16(4)22(5,6)21(20)15-18;1-5-8-10(4)11(7-3)9-6-2/h6-26,44H,1,3H2,2,4-5H3;7-8,10-16H,1,9H2,2-6H3;5-9H,1-3H2,4H3/b10-7-,27-23+,28-9+,44-24?;11-8-,17-10+,19-12+;10-8+,11-9+. The van der Waals surface area contributed by atoms with E-state index in [0.29, 0.717) is 5.92 Å². The summed E-state index contributed by atoms with van der Waals surface area (Å²) >= 11 is 0. The number of nitrogens with one attached hydrogen (secondary N) is 1. The Balaban J connectivity index is 0.000000216. The van der Waals surface area contributed by atoms with Gasteiger partial charge in [-0.15, -0.1) is 0 Å². The van der Waals surface area contributed by atoms with Gasteiger partial charge < -0.3 is 5.41 Å². The van der Waals surface area contributed by atoms with Crippen molar-refractivity contribution in [3.63, 3.8) is 0 Å². The van der Waals surface area contributed by atoms with E-state index < -0.39 is 0 Å². The third-order valence-corrected chi connectivity index (χ3v) is 15.7. The minimum absolute atomic E-state index is 0.132. The van der Waals surface area contributed by atoms with Crippen molar-refractivity contribution in [2.24, 2.45) is 5.92 Å². The van der Waals surface area contributed by atoms with Crippen molar-refractivity contribution >= 4 is 60.8 Å². The zero-order valence-electron chi connectivity index (χ0n) is 47.2. The number of hydrogen-bond donors (Lipinski definition) is 1. The second kappa shape index (κ2) is 24.5. The highest BCUT2D eigenvalue weighted by molar-refractivity contribution is 6.27. The van der Waals surface area contributed by atoms with E-state index in [1.165, 1.54) is 111 Å². The zero-order chi connectivity index (χ0) is 55.6. The second-order valence-corrected chi connectivity index (χ2v) is 20.9. The Morgan fingerprint density at radius 1 is 0.545 bits per heavy atom. The van der Waals surface area contributed by atoms with Crippen LogP contribution in [0.1, 0.15) is 108 Å². The summed E-state index contributed by atoms with van der Waals surface area (Å²) in [5, 5.41) is 15.1. The number of rotatable bonds is 15. The Morgan fingerprint density at radius 2 is 1.06 bits per heavy atom. The molecule has 7 aromatic carbocycles.